The van der Waals surface area contributed by atoms with Gasteiger partial charge in [0.1, 0.15) is 0 Å². The first-order valence-corrected chi connectivity index (χ1v) is 10.5. The van der Waals surface area contributed by atoms with Crippen LogP contribution in [-0.4, -0.2) is 26.1 Å². The van der Waals surface area contributed by atoms with Gasteiger partial charge in [-0.2, -0.15) is 0 Å². The quantitative estimate of drug-likeness (QED) is 0.515. The van der Waals surface area contributed by atoms with Crippen LogP contribution in [0.25, 0.3) is 0 Å². The van der Waals surface area contributed by atoms with E-state index in [0.717, 1.165) is 12.8 Å². The van der Waals surface area contributed by atoms with Gasteiger partial charge in [0.25, 0.3) is 0 Å². The molecule has 0 aliphatic rings. The molecular formula is C16H34O2Si. The molecule has 0 aromatic carbocycles. The Morgan fingerprint density at radius 1 is 1.26 bits per heavy atom. The highest BCUT2D eigenvalue weighted by atomic mass is 28.4. The van der Waals surface area contributed by atoms with Crippen LogP contribution < -0.4 is 0 Å². The first-order chi connectivity index (χ1) is 8.65. The van der Waals surface area contributed by atoms with E-state index in [2.05, 4.69) is 40.8 Å². The lowest BCUT2D eigenvalue weighted by atomic mass is 9.96. The van der Waals surface area contributed by atoms with Crippen molar-refractivity contribution in [1.29, 1.82) is 0 Å². The van der Waals surface area contributed by atoms with E-state index in [4.69, 9.17) is 4.43 Å². The van der Waals surface area contributed by atoms with E-state index < -0.39 is 8.32 Å². The van der Waals surface area contributed by atoms with Gasteiger partial charge in [0.2, 0.25) is 0 Å². The van der Waals surface area contributed by atoms with E-state index >= 15 is 0 Å². The molecule has 0 saturated carbocycles. The second-order valence-electron chi connectivity index (χ2n) is 6.99. The number of aliphatic hydroxyl groups is 1. The predicted octanol–water partition coefficient (Wildman–Crippen LogP) is 4.75. The topological polar surface area (TPSA) is 29.5 Å². The second kappa shape index (κ2) is 8.23. The van der Waals surface area contributed by atoms with Gasteiger partial charge in [-0.25, -0.2) is 0 Å². The largest absolute Gasteiger partial charge is 0.416 e. The lowest BCUT2D eigenvalue weighted by molar-refractivity contribution is 0.0969. The van der Waals surface area contributed by atoms with Gasteiger partial charge in [-0.05, 0) is 31.5 Å². The molecule has 114 valence electrons. The van der Waals surface area contributed by atoms with Crippen molar-refractivity contribution in [3.8, 4) is 0 Å². The van der Waals surface area contributed by atoms with Crippen LogP contribution in [0.4, 0.5) is 0 Å². The maximum atomic E-state index is 10.2. The summed E-state index contributed by atoms with van der Waals surface area (Å²) in [6.07, 6.45) is 6.79. The smallest absolute Gasteiger partial charge is 0.191 e. The molecule has 2 atom stereocenters. The third-order valence-corrected chi connectivity index (χ3v) is 8.77. The summed E-state index contributed by atoms with van der Waals surface area (Å²) >= 11 is 0. The fraction of sp³-hybridized carbons (Fsp3) is 0.875. The molecule has 0 saturated heterocycles. The molecular weight excluding hydrogens is 252 g/mol. The molecule has 0 bridgehead atoms. The van der Waals surface area contributed by atoms with Gasteiger partial charge >= 0.3 is 0 Å². The molecule has 0 radical (unpaired) electrons. The number of rotatable bonds is 8. The summed E-state index contributed by atoms with van der Waals surface area (Å²) in [6.45, 7) is 16.1. The zero-order chi connectivity index (χ0) is 15.1. The summed E-state index contributed by atoms with van der Waals surface area (Å²) in [5.74, 6) is 0.227. The molecule has 2 nitrogen and oxygen atoms in total. The number of unbranched alkanes of at least 4 members (excludes halogenated alkanes) is 1. The van der Waals surface area contributed by atoms with Crippen LogP contribution in [0.3, 0.4) is 0 Å². The lowest BCUT2D eigenvalue weighted by Gasteiger charge is -2.37. The molecule has 0 amide bonds. The van der Waals surface area contributed by atoms with Crippen LogP contribution in [0.1, 0.15) is 53.9 Å². The van der Waals surface area contributed by atoms with Crippen molar-refractivity contribution >= 4 is 8.32 Å². The van der Waals surface area contributed by atoms with E-state index in [-0.39, 0.29) is 17.1 Å². The SMILES string of the molecule is C/C=C/C(O)C(CCCC)CO[Si](C)(C)C(C)(C)C. The fourth-order valence-electron chi connectivity index (χ4n) is 1.71. The standard InChI is InChI=1S/C16H34O2Si/c1-8-10-12-14(15(17)11-9-2)13-18-19(6,7)16(3,4)5/h9,11,14-15,17H,8,10,12-13H2,1-7H3/b11-9+. The van der Waals surface area contributed by atoms with Gasteiger partial charge in [0.15, 0.2) is 8.32 Å². The van der Waals surface area contributed by atoms with Gasteiger partial charge in [-0.15, -0.1) is 0 Å². The second-order valence-corrected chi connectivity index (χ2v) is 11.8. The van der Waals surface area contributed by atoms with Crippen molar-refractivity contribution in [3.05, 3.63) is 12.2 Å². The highest BCUT2D eigenvalue weighted by Gasteiger charge is 2.37. The number of hydrogen-bond acceptors (Lipinski definition) is 2. The van der Waals surface area contributed by atoms with Crippen molar-refractivity contribution in [2.45, 2.75) is 78.1 Å². The predicted molar refractivity (Wildman–Crippen MR) is 87.0 cm³/mol. The molecule has 0 aromatic rings. The Hall–Kier alpha value is -0.123. The summed E-state index contributed by atoms with van der Waals surface area (Å²) in [6, 6.07) is 0. The van der Waals surface area contributed by atoms with Crippen molar-refractivity contribution < 1.29 is 9.53 Å². The van der Waals surface area contributed by atoms with Crippen molar-refractivity contribution in [2.24, 2.45) is 5.92 Å². The molecule has 0 heterocycles. The minimum atomic E-state index is -1.71. The van der Waals surface area contributed by atoms with Gasteiger partial charge in [-0.1, -0.05) is 52.7 Å². The minimum Gasteiger partial charge on any atom is -0.416 e. The third-order valence-electron chi connectivity index (χ3n) is 4.27. The van der Waals surface area contributed by atoms with Crippen molar-refractivity contribution in [3.63, 3.8) is 0 Å². The van der Waals surface area contributed by atoms with E-state index in [1.165, 1.54) is 6.42 Å². The van der Waals surface area contributed by atoms with Crippen LogP contribution in [0.15, 0.2) is 12.2 Å². The Bertz CT molecular complexity index is 266. The van der Waals surface area contributed by atoms with Gasteiger partial charge in [0, 0.05) is 12.5 Å². The van der Waals surface area contributed by atoms with E-state index in [1.54, 1.807) is 0 Å². The summed E-state index contributed by atoms with van der Waals surface area (Å²) in [5.41, 5.74) is 0. The lowest BCUT2D eigenvalue weighted by Crippen LogP contribution is -2.43. The first kappa shape index (κ1) is 18.9. The zero-order valence-corrected chi connectivity index (χ0v) is 15.0. The first-order valence-electron chi connectivity index (χ1n) is 7.60. The Morgan fingerprint density at radius 2 is 1.84 bits per heavy atom. The highest BCUT2D eigenvalue weighted by molar-refractivity contribution is 6.74. The Morgan fingerprint density at radius 3 is 2.26 bits per heavy atom. The van der Waals surface area contributed by atoms with Crippen molar-refractivity contribution in [1.82, 2.24) is 0 Å². The average molecular weight is 287 g/mol. The maximum Gasteiger partial charge on any atom is 0.191 e. The molecule has 3 heteroatoms. The zero-order valence-electron chi connectivity index (χ0n) is 14.0. The molecule has 0 aliphatic heterocycles. The summed E-state index contributed by atoms with van der Waals surface area (Å²) in [4.78, 5) is 0. The molecule has 2 unspecified atom stereocenters. The van der Waals surface area contributed by atoms with E-state index in [1.807, 2.05) is 19.1 Å². The Kier molecular flexibility index (Phi) is 8.17. The van der Waals surface area contributed by atoms with Crippen LogP contribution in [0, 0.1) is 5.92 Å². The van der Waals surface area contributed by atoms with Crippen LogP contribution >= 0.6 is 0 Å². The van der Waals surface area contributed by atoms with E-state index in [9.17, 15) is 5.11 Å². The fourth-order valence-corrected chi connectivity index (χ4v) is 2.77. The average Bonchev–Trinajstić information content (AvgIpc) is 2.27. The van der Waals surface area contributed by atoms with Gasteiger partial charge in [0.05, 0.1) is 6.10 Å². The van der Waals surface area contributed by atoms with Crippen LogP contribution in [0.2, 0.25) is 18.1 Å². The Labute approximate surface area is 121 Å². The normalized spacial score (nSPS) is 16.8. The van der Waals surface area contributed by atoms with E-state index in [0.29, 0.717) is 6.61 Å². The highest BCUT2D eigenvalue weighted by Crippen LogP contribution is 2.37. The molecule has 1 N–H and O–H groups in total. The summed E-state index contributed by atoms with van der Waals surface area (Å²) < 4.78 is 6.27. The third kappa shape index (κ3) is 6.73. The molecule has 0 spiro atoms. The summed E-state index contributed by atoms with van der Waals surface area (Å²) in [7, 11) is -1.71. The molecule has 0 aromatic heterocycles. The number of allylic oxidation sites excluding steroid dienone is 1. The monoisotopic (exact) mass is 286 g/mol. The van der Waals surface area contributed by atoms with Gasteiger partial charge < -0.3 is 9.53 Å². The van der Waals surface area contributed by atoms with Gasteiger partial charge in [-0.3, -0.25) is 0 Å². The van der Waals surface area contributed by atoms with Crippen molar-refractivity contribution in [2.75, 3.05) is 6.61 Å². The minimum absolute atomic E-state index is 0.227. The molecule has 19 heavy (non-hydrogen) atoms. The number of hydrogen-bond donors (Lipinski definition) is 1. The molecule has 0 fully saturated rings. The molecule has 0 aliphatic carbocycles. The number of aliphatic hydroxyl groups excluding tert-OH is 1. The Balaban J connectivity index is 4.57. The molecule has 0 rings (SSSR count). The van der Waals surface area contributed by atoms with Crippen LogP contribution in [-0.2, 0) is 4.43 Å². The van der Waals surface area contributed by atoms with Crippen LogP contribution in [0.5, 0.6) is 0 Å². The summed E-state index contributed by atoms with van der Waals surface area (Å²) in [5, 5.41) is 10.4. The maximum absolute atomic E-state index is 10.2.